The van der Waals surface area contributed by atoms with Crippen LogP contribution in [0.1, 0.15) is 6.42 Å². The summed E-state index contributed by atoms with van der Waals surface area (Å²) in [6.45, 7) is 1.73. The fourth-order valence-electron chi connectivity index (χ4n) is 2.04. The molecule has 4 heteroatoms. The van der Waals surface area contributed by atoms with Crippen molar-refractivity contribution in [1.29, 1.82) is 0 Å². The van der Waals surface area contributed by atoms with Gasteiger partial charge in [0.1, 0.15) is 0 Å². The predicted molar refractivity (Wildman–Crippen MR) is 55.7 cm³/mol. The molecule has 1 aromatic heterocycles. The summed E-state index contributed by atoms with van der Waals surface area (Å²) in [7, 11) is 0. The van der Waals surface area contributed by atoms with Crippen LogP contribution in [0, 0.1) is 0 Å². The number of anilines is 1. The van der Waals surface area contributed by atoms with E-state index in [9.17, 15) is 4.79 Å². The highest BCUT2D eigenvalue weighted by atomic mass is 16.1. The standard InChI is InChI=1S/C10H11N3O/c14-10-12-8-4-1-3-7-9(8)13(10)6-2-5-11-7/h1,3-4,11H,2,5-6H2,(H,12,14). The lowest BCUT2D eigenvalue weighted by atomic mass is 10.2. The van der Waals surface area contributed by atoms with E-state index in [-0.39, 0.29) is 5.69 Å². The van der Waals surface area contributed by atoms with Gasteiger partial charge in [-0.1, -0.05) is 6.07 Å². The summed E-state index contributed by atoms with van der Waals surface area (Å²) in [5.74, 6) is 0. The molecule has 2 aromatic rings. The summed E-state index contributed by atoms with van der Waals surface area (Å²) in [4.78, 5) is 14.4. The largest absolute Gasteiger partial charge is 0.383 e. The van der Waals surface area contributed by atoms with E-state index >= 15 is 0 Å². The molecule has 0 fully saturated rings. The van der Waals surface area contributed by atoms with Crippen LogP contribution in [-0.2, 0) is 6.54 Å². The van der Waals surface area contributed by atoms with E-state index in [0.29, 0.717) is 0 Å². The van der Waals surface area contributed by atoms with Gasteiger partial charge in [0, 0.05) is 13.1 Å². The van der Waals surface area contributed by atoms with Gasteiger partial charge >= 0.3 is 5.69 Å². The van der Waals surface area contributed by atoms with Crippen molar-refractivity contribution in [3.63, 3.8) is 0 Å². The lowest BCUT2D eigenvalue weighted by molar-refractivity contribution is 0.668. The molecule has 1 aromatic carbocycles. The van der Waals surface area contributed by atoms with Gasteiger partial charge < -0.3 is 10.3 Å². The first-order valence-electron chi connectivity index (χ1n) is 4.82. The van der Waals surface area contributed by atoms with Crippen molar-refractivity contribution in [2.75, 3.05) is 11.9 Å². The molecule has 0 atom stereocenters. The summed E-state index contributed by atoms with van der Waals surface area (Å²) in [5.41, 5.74) is 2.98. The first-order valence-corrected chi connectivity index (χ1v) is 4.82. The average molecular weight is 189 g/mol. The zero-order valence-electron chi connectivity index (χ0n) is 7.71. The summed E-state index contributed by atoms with van der Waals surface area (Å²) in [6, 6.07) is 5.90. The molecular formula is C10H11N3O. The molecule has 2 heterocycles. The van der Waals surface area contributed by atoms with Gasteiger partial charge in [0.25, 0.3) is 0 Å². The smallest absolute Gasteiger partial charge is 0.326 e. The number of imidazole rings is 1. The second kappa shape index (κ2) is 2.64. The minimum Gasteiger partial charge on any atom is -0.383 e. The van der Waals surface area contributed by atoms with Gasteiger partial charge in [-0.05, 0) is 18.6 Å². The number of H-pyrrole nitrogens is 1. The Balaban J connectivity index is 2.48. The van der Waals surface area contributed by atoms with Gasteiger partial charge in [-0.25, -0.2) is 4.79 Å². The van der Waals surface area contributed by atoms with Crippen LogP contribution in [0.25, 0.3) is 11.0 Å². The molecule has 0 amide bonds. The predicted octanol–water partition coefficient (Wildman–Crippen LogP) is 1.15. The Morgan fingerprint density at radius 1 is 1.36 bits per heavy atom. The zero-order chi connectivity index (χ0) is 9.54. The molecule has 14 heavy (non-hydrogen) atoms. The number of hydrogen-bond acceptors (Lipinski definition) is 2. The average Bonchev–Trinajstić information content (AvgIpc) is 2.39. The number of benzene rings is 1. The second-order valence-electron chi connectivity index (χ2n) is 3.56. The number of para-hydroxylation sites is 1. The molecule has 3 rings (SSSR count). The van der Waals surface area contributed by atoms with Crippen LogP contribution in [0.3, 0.4) is 0 Å². The SMILES string of the molecule is O=c1[nH]c2cccc3c2n1CCCN3. The molecule has 0 bridgehead atoms. The Hall–Kier alpha value is -1.71. The van der Waals surface area contributed by atoms with Gasteiger partial charge in [-0.15, -0.1) is 0 Å². The van der Waals surface area contributed by atoms with Crippen LogP contribution in [0.4, 0.5) is 5.69 Å². The Morgan fingerprint density at radius 2 is 2.29 bits per heavy atom. The van der Waals surface area contributed by atoms with Gasteiger partial charge in [0.2, 0.25) is 0 Å². The van der Waals surface area contributed by atoms with Crippen molar-refractivity contribution in [2.45, 2.75) is 13.0 Å². The zero-order valence-corrected chi connectivity index (χ0v) is 7.71. The summed E-state index contributed by atoms with van der Waals surface area (Å²) < 4.78 is 1.81. The maximum absolute atomic E-state index is 11.6. The molecule has 0 radical (unpaired) electrons. The Labute approximate surface area is 80.6 Å². The third kappa shape index (κ3) is 0.907. The highest BCUT2D eigenvalue weighted by molar-refractivity contribution is 5.88. The van der Waals surface area contributed by atoms with E-state index in [1.807, 2.05) is 22.8 Å². The molecule has 0 saturated heterocycles. The third-order valence-corrected chi connectivity index (χ3v) is 2.67. The van der Waals surface area contributed by atoms with E-state index in [1.54, 1.807) is 0 Å². The lowest BCUT2D eigenvalue weighted by Crippen LogP contribution is -2.16. The maximum Gasteiger partial charge on any atom is 0.326 e. The van der Waals surface area contributed by atoms with Crippen molar-refractivity contribution in [2.24, 2.45) is 0 Å². The molecule has 4 nitrogen and oxygen atoms in total. The fraction of sp³-hybridized carbons (Fsp3) is 0.300. The monoisotopic (exact) mass is 189 g/mol. The molecule has 0 unspecified atom stereocenters. The van der Waals surface area contributed by atoms with Crippen LogP contribution in [0.5, 0.6) is 0 Å². The van der Waals surface area contributed by atoms with E-state index in [2.05, 4.69) is 10.3 Å². The number of aromatic nitrogens is 2. The van der Waals surface area contributed by atoms with Crippen LogP contribution >= 0.6 is 0 Å². The molecule has 72 valence electrons. The highest BCUT2D eigenvalue weighted by Crippen LogP contribution is 2.22. The topological polar surface area (TPSA) is 49.8 Å². The number of nitrogens with one attached hydrogen (secondary N) is 2. The molecule has 0 saturated carbocycles. The first-order chi connectivity index (χ1) is 6.86. The fourth-order valence-corrected chi connectivity index (χ4v) is 2.04. The Bertz CT molecular complexity index is 538. The van der Waals surface area contributed by atoms with Gasteiger partial charge in [0.15, 0.2) is 0 Å². The molecule has 2 N–H and O–H groups in total. The van der Waals surface area contributed by atoms with E-state index < -0.39 is 0 Å². The highest BCUT2D eigenvalue weighted by Gasteiger charge is 2.12. The quantitative estimate of drug-likeness (QED) is 0.653. The summed E-state index contributed by atoms with van der Waals surface area (Å²) >= 11 is 0. The van der Waals surface area contributed by atoms with Crippen molar-refractivity contribution in [1.82, 2.24) is 9.55 Å². The molecule has 0 aliphatic carbocycles. The lowest BCUT2D eigenvalue weighted by Gasteiger charge is -2.02. The molecule has 1 aliphatic heterocycles. The van der Waals surface area contributed by atoms with Crippen LogP contribution < -0.4 is 11.0 Å². The van der Waals surface area contributed by atoms with Crippen molar-refractivity contribution < 1.29 is 0 Å². The van der Waals surface area contributed by atoms with Crippen LogP contribution in [-0.4, -0.2) is 16.1 Å². The molecule has 1 aliphatic rings. The summed E-state index contributed by atoms with van der Waals surface area (Å²) in [6.07, 6.45) is 0.988. The first kappa shape index (κ1) is 7.67. The van der Waals surface area contributed by atoms with Crippen molar-refractivity contribution in [3.05, 3.63) is 28.7 Å². The minimum atomic E-state index is -0.00356. The van der Waals surface area contributed by atoms with E-state index in [0.717, 1.165) is 36.2 Å². The molecule has 0 spiro atoms. The van der Waals surface area contributed by atoms with E-state index in [1.165, 1.54) is 0 Å². The second-order valence-corrected chi connectivity index (χ2v) is 3.56. The Morgan fingerprint density at radius 3 is 3.21 bits per heavy atom. The number of rotatable bonds is 0. The number of aryl methyl sites for hydroxylation is 1. The van der Waals surface area contributed by atoms with Gasteiger partial charge in [0.05, 0.1) is 16.7 Å². The van der Waals surface area contributed by atoms with Crippen LogP contribution in [0.15, 0.2) is 23.0 Å². The van der Waals surface area contributed by atoms with Crippen molar-refractivity contribution in [3.8, 4) is 0 Å². The maximum atomic E-state index is 11.6. The van der Waals surface area contributed by atoms with Gasteiger partial charge in [-0.3, -0.25) is 4.57 Å². The number of hydrogen-bond donors (Lipinski definition) is 2. The summed E-state index contributed by atoms with van der Waals surface area (Å²) in [5, 5.41) is 3.32. The van der Waals surface area contributed by atoms with Crippen molar-refractivity contribution >= 4 is 16.7 Å². The van der Waals surface area contributed by atoms with E-state index in [4.69, 9.17) is 0 Å². The Kier molecular flexibility index (Phi) is 1.45. The number of aromatic amines is 1. The third-order valence-electron chi connectivity index (χ3n) is 2.67. The molecular weight excluding hydrogens is 178 g/mol. The minimum absolute atomic E-state index is 0.00356. The van der Waals surface area contributed by atoms with Gasteiger partial charge in [-0.2, -0.15) is 0 Å². The van der Waals surface area contributed by atoms with Crippen LogP contribution in [0.2, 0.25) is 0 Å². The normalized spacial score (nSPS) is 15.1. The number of nitrogens with zero attached hydrogens (tertiary/aromatic N) is 1.